The SMILES string of the molecule is Cc1cc(C)c(-c2cnc3c4[c-]cccc4ccn23)c(C)c1.[Ir]. The standard InChI is InChI=1S/C20H17N2.Ir/c1-13-10-14(2)19(15(3)11-13)18-12-21-20-17-7-5-4-6-16(17)8-9-22(18)20;/h4-6,8-12H,1-3H3;/q-1;. The number of aromatic nitrogens is 2. The number of rotatable bonds is 1. The maximum Gasteiger partial charge on any atom is 0.0634 e. The van der Waals surface area contributed by atoms with Gasteiger partial charge < -0.3 is 4.40 Å². The zero-order valence-electron chi connectivity index (χ0n) is 13.3. The molecule has 0 bridgehead atoms. The molecule has 0 unspecified atom stereocenters. The third-order valence-electron chi connectivity index (χ3n) is 4.25. The Labute approximate surface area is 149 Å². The fourth-order valence-electron chi connectivity index (χ4n) is 3.40. The molecule has 0 fully saturated rings. The molecule has 2 aromatic carbocycles. The van der Waals surface area contributed by atoms with E-state index >= 15 is 0 Å². The molecule has 2 heterocycles. The van der Waals surface area contributed by atoms with Gasteiger partial charge in [-0.05, 0) is 38.1 Å². The van der Waals surface area contributed by atoms with Crippen LogP contribution in [-0.2, 0) is 20.1 Å². The smallest absolute Gasteiger partial charge is 0.0634 e. The van der Waals surface area contributed by atoms with Crippen molar-refractivity contribution in [2.75, 3.05) is 0 Å². The van der Waals surface area contributed by atoms with E-state index in [1.807, 2.05) is 18.3 Å². The van der Waals surface area contributed by atoms with Gasteiger partial charge in [0.1, 0.15) is 0 Å². The molecule has 0 aliphatic carbocycles. The van der Waals surface area contributed by atoms with E-state index in [2.05, 4.69) is 66.7 Å². The number of imidazole rings is 1. The van der Waals surface area contributed by atoms with Crippen LogP contribution < -0.4 is 0 Å². The topological polar surface area (TPSA) is 17.3 Å². The van der Waals surface area contributed by atoms with Crippen molar-refractivity contribution >= 4 is 16.4 Å². The summed E-state index contributed by atoms with van der Waals surface area (Å²) in [5, 5.41) is 2.24. The number of pyridine rings is 1. The molecule has 4 rings (SSSR count). The molecule has 0 amide bonds. The monoisotopic (exact) mass is 478 g/mol. The summed E-state index contributed by atoms with van der Waals surface area (Å²) in [7, 11) is 0. The number of nitrogens with zero attached hydrogens (tertiary/aromatic N) is 2. The Hall–Kier alpha value is -1.96. The van der Waals surface area contributed by atoms with E-state index in [1.54, 1.807) is 0 Å². The zero-order chi connectivity index (χ0) is 15.3. The van der Waals surface area contributed by atoms with Crippen molar-refractivity contribution in [3.05, 3.63) is 71.5 Å². The van der Waals surface area contributed by atoms with E-state index in [9.17, 15) is 0 Å². The van der Waals surface area contributed by atoms with Crippen LogP contribution in [0.5, 0.6) is 0 Å². The molecular weight excluding hydrogens is 460 g/mol. The molecule has 0 spiro atoms. The molecule has 0 atom stereocenters. The molecule has 1 radical (unpaired) electrons. The van der Waals surface area contributed by atoms with Crippen molar-refractivity contribution in [3.8, 4) is 11.3 Å². The van der Waals surface area contributed by atoms with Crippen LogP contribution in [0.25, 0.3) is 27.7 Å². The Balaban J connectivity index is 0.00000156. The number of benzene rings is 2. The molecule has 0 aliphatic rings. The maximum absolute atomic E-state index is 4.66. The number of aryl methyl sites for hydroxylation is 3. The first kappa shape index (κ1) is 15.9. The Kier molecular flexibility index (Phi) is 4.09. The fourth-order valence-corrected chi connectivity index (χ4v) is 3.40. The van der Waals surface area contributed by atoms with Crippen molar-refractivity contribution in [2.45, 2.75) is 20.8 Å². The predicted molar refractivity (Wildman–Crippen MR) is 91.2 cm³/mol. The van der Waals surface area contributed by atoms with Gasteiger partial charge in [0.2, 0.25) is 0 Å². The average molecular weight is 478 g/mol. The second-order valence-corrected chi connectivity index (χ2v) is 5.93. The number of hydrogen-bond acceptors (Lipinski definition) is 1. The van der Waals surface area contributed by atoms with Gasteiger partial charge in [-0.3, -0.25) is 4.98 Å². The molecule has 2 aromatic heterocycles. The van der Waals surface area contributed by atoms with Gasteiger partial charge in [-0.15, -0.1) is 35.0 Å². The first-order valence-corrected chi connectivity index (χ1v) is 7.50. The Bertz CT molecular complexity index is 992. The van der Waals surface area contributed by atoms with Crippen LogP contribution in [0, 0.1) is 26.8 Å². The number of hydrogen-bond donors (Lipinski definition) is 0. The predicted octanol–water partition coefficient (Wildman–Crippen LogP) is 4.88. The molecule has 0 N–H and O–H groups in total. The Morgan fingerprint density at radius 3 is 2.52 bits per heavy atom. The summed E-state index contributed by atoms with van der Waals surface area (Å²) in [5.41, 5.74) is 7.25. The first-order valence-electron chi connectivity index (χ1n) is 7.50. The minimum Gasteiger partial charge on any atom is -0.341 e. The van der Waals surface area contributed by atoms with E-state index < -0.39 is 0 Å². The van der Waals surface area contributed by atoms with E-state index in [-0.39, 0.29) is 20.1 Å². The van der Waals surface area contributed by atoms with E-state index in [1.165, 1.54) is 27.6 Å². The second kappa shape index (κ2) is 5.92. The van der Waals surface area contributed by atoms with Crippen LogP contribution in [0.2, 0.25) is 0 Å². The molecule has 117 valence electrons. The van der Waals surface area contributed by atoms with Gasteiger partial charge >= 0.3 is 0 Å². The molecule has 23 heavy (non-hydrogen) atoms. The molecule has 3 heteroatoms. The quantitative estimate of drug-likeness (QED) is 0.357. The van der Waals surface area contributed by atoms with Gasteiger partial charge in [0.25, 0.3) is 0 Å². The summed E-state index contributed by atoms with van der Waals surface area (Å²) in [4.78, 5) is 4.66. The molecule has 4 aromatic rings. The Morgan fingerprint density at radius 2 is 1.78 bits per heavy atom. The van der Waals surface area contributed by atoms with Crippen LogP contribution in [0.1, 0.15) is 16.7 Å². The second-order valence-electron chi connectivity index (χ2n) is 5.93. The summed E-state index contributed by atoms with van der Waals surface area (Å²) in [6.07, 6.45) is 4.08. The minimum atomic E-state index is 0. The minimum absolute atomic E-state index is 0. The number of fused-ring (bicyclic) bond motifs is 3. The van der Waals surface area contributed by atoms with Crippen molar-refractivity contribution in [2.24, 2.45) is 0 Å². The van der Waals surface area contributed by atoms with Crippen LogP contribution in [0.3, 0.4) is 0 Å². The van der Waals surface area contributed by atoms with Crippen LogP contribution in [0.15, 0.2) is 48.8 Å². The molecule has 0 aliphatic heterocycles. The molecule has 0 saturated heterocycles. The third kappa shape index (κ3) is 2.50. The maximum atomic E-state index is 4.66. The first-order chi connectivity index (χ1) is 10.6. The van der Waals surface area contributed by atoms with E-state index in [0.29, 0.717) is 0 Å². The molecule has 0 saturated carbocycles. The summed E-state index contributed by atoms with van der Waals surface area (Å²) < 4.78 is 2.17. The summed E-state index contributed by atoms with van der Waals surface area (Å²) in [5.74, 6) is 0. The van der Waals surface area contributed by atoms with Gasteiger partial charge in [0.15, 0.2) is 0 Å². The van der Waals surface area contributed by atoms with Crippen molar-refractivity contribution in [1.82, 2.24) is 9.38 Å². The van der Waals surface area contributed by atoms with Gasteiger partial charge in [-0.2, -0.15) is 0 Å². The summed E-state index contributed by atoms with van der Waals surface area (Å²) >= 11 is 0. The van der Waals surface area contributed by atoms with Crippen molar-refractivity contribution in [3.63, 3.8) is 0 Å². The fraction of sp³-hybridized carbons (Fsp3) is 0.150. The molecular formula is C20H17IrN2-. The third-order valence-corrected chi connectivity index (χ3v) is 4.25. The average Bonchev–Trinajstić information content (AvgIpc) is 2.90. The van der Waals surface area contributed by atoms with E-state index in [4.69, 9.17) is 0 Å². The van der Waals surface area contributed by atoms with E-state index in [0.717, 1.165) is 16.7 Å². The summed E-state index contributed by atoms with van der Waals surface area (Å²) in [6.45, 7) is 6.48. The van der Waals surface area contributed by atoms with Crippen LogP contribution >= 0.6 is 0 Å². The van der Waals surface area contributed by atoms with Gasteiger partial charge in [0, 0.05) is 31.9 Å². The van der Waals surface area contributed by atoms with Crippen molar-refractivity contribution < 1.29 is 20.1 Å². The van der Waals surface area contributed by atoms with Crippen molar-refractivity contribution in [1.29, 1.82) is 0 Å². The normalized spacial score (nSPS) is 10.9. The van der Waals surface area contributed by atoms with Gasteiger partial charge in [-0.1, -0.05) is 23.8 Å². The molecule has 2 nitrogen and oxygen atoms in total. The summed E-state index contributed by atoms with van der Waals surface area (Å²) in [6, 6.07) is 16.0. The van der Waals surface area contributed by atoms with Gasteiger partial charge in [-0.25, -0.2) is 0 Å². The largest absolute Gasteiger partial charge is 0.341 e. The van der Waals surface area contributed by atoms with Gasteiger partial charge in [0.05, 0.1) is 11.3 Å². The Morgan fingerprint density at radius 1 is 1.04 bits per heavy atom. The van der Waals surface area contributed by atoms with Crippen LogP contribution in [-0.4, -0.2) is 9.38 Å². The zero-order valence-corrected chi connectivity index (χ0v) is 15.7. The van der Waals surface area contributed by atoms with Crippen LogP contribution in [0.4, 0.5) is 0 Å².